The number of hydrogen-bond acceptors (Lipinski definition) is 5. The number of ether oxygens (including phenoxy) is 1. The summed E-state index contributed by atoms with van der Waals surface area (Å²) in [4.78, 5) is 20.7. The number of morpholine rings is 1. The maximum Gasteiger partial charge on any atom is 0.223 e. The number of carbonyl (C=O) groups excluding carboxylic acids is 1. The molecule has 1 aromatic carbocycles. The van der Waals surface area contributed by atoms with Crippen molar-refractivity contribution >= 4 is 32.6 Å². The molecule has 5 nitrogen and oxygen atoms in total. The van der Waals surface area contributed by atoms with Crippen molar-refractivity contribution in [3.63, 3.8) is 0 Å². The Morgan fingerprint density at radius 3 is 2.65 bits per heavy atom. The predicted molar refractivity (Wildman–Crippen MR) is 96.5 cm³/mol. The molecule has 0 radical (unpaired) electrons. The number of hydrogen-bond donors (Lipinski definition) is 0. The second kappa shape index (κ2) is 7.44. The summed E-state index contributed by atoms with van der Waals surface area (Å²) in [6.45, 7) is 4.19. The third-order valence-corrected chi connectivity index (χ3v) is 6.18. The molecule has 1 aromatic heterocycles. The first kappa shape index (κ1) is 17.6. The molecule has 1 amide bonds. The van der Waals surface area contributed by atoms with Gasteiger partial charge in [0, 0.05) is 38.7 Å². The smallest absolute Gasteiger partial charge is 0.223 e. The number of fused-ring (bicyclic) bond motifs is 1. The van der Waals surface area contributed by atoms with E-state index in [0.29, 0.717) is 43.3 Å². The maximum absolute atomic E-state index is 13.8. The first-order valence-electron chi connectivity index (χ1n) is 8.96. The molecule has 8 heteroatoms. The van der Waals surface area contributed by atoms with E-state index in [-0.39, 0.29) is 11.4 Å². The zero-order valence-electron chi connectivity index (χ0n) is 14.4. The molecule has 2 fully saturated rings. The van der Waals surface area contributed by atoms with Crippen LogP contribution >= 0.6 is 11.3 Å². The van der Waals surface area contributed by atoms with Gasteiger partial charge in [0.2, 0.25) is 5.91 Å². The fraction of sp³-hybridized carbons (Fsp3) is 0.556. The van der Waals surface area contributed by atoms with Gasteiger partial charge in [-0.25, -0.2) is 13.8 Å². The zero-order chi connectivity index (χ0) is 18.1. The van der Waals surface area contributed by atoms with Gasteiger partial charge >= 0.3 is 0 Å². The Morgan fingerprint density at radius 2 is 1.92 bits per heavy atom. The second-order valence-electron chi connectivity index (χ2n) is 6.86. The quantitative estimate of drug-likeness (QED) is 0.820. The highest BCUT2D eigenvalue weighted by Crippen LogP contribution is 2.33. The zero-order valence-corrected chi connectivity index (χ0v) is 15.2. The number of halogens is 2. The van der Waals surface area contributed by atoms with Crippen molar-refractivity contribution in [2.45, 2.75) is 19.3 Å². The molecule has 2 saturated heterocycles. The lowest BCUT2D eigenvalue weighted by molar-refractivity contribution is -0.136. The molecule has 0 bridgehead atoms. The minimum atomic E-state index is -0.617. The fourth-order valence-corrected chi connectivity index (χ4v) is 4.65. The summed E-state index contributed by atoms with van der Waals surface area (Å²) in [5, 5.41) is 0.724. The molecule has 4 rings (SSSR count). The van der Waals surface area contributed by atoms with Gasteiger partial charge in [0.25, 0.3) is 0 Å². The van der Waals surface area contributed by atoms with Crippen LogP contribution in [0.4, 0.5) is 13.9 Å². The van der Waals surface area contributed by atoms with Crippen molar-refractivity contribution in [1.82, 2.24) is 9.88 Å². The molecular formula is C18H21F2N3O2S. The van der Waals surface area contributed by atoms with E-state index >= 15 is 0 Å². The molecule has 0 atom stereocenters. The van der Waals surface area contributed by atoms with E-state index in [1.165, 1.54) is 17.4 Å². The third kappa shape index (κ3) is 3.66. The van der Waals surface area contributed by atoms with Crippen molar-refractivity contribution in [2.24, 2.45) is 5.92 Å². The van der Waals surface area contributed by atoms with Gasteiger partial charge in [-0.2, -0.15) is 0 Å². The Morgan fingerprint density at radius 1 is 1.19 bits per heavy atom. The van der Waals surface area contributed by atoms with E-state index in [1.807, 2.05) is 4.90 Å². The standard InChI is InChI=1S/C18H21F2N3O2S/c19-13-10-14(20)17-15(11-13)26-18(21-17)23-3-1-12(2-4-23)9-16(24)22-5-7-25-8-6-22/h10-12H,1-9H2. The number of benzene rings is 1. The Labute approximate surface area is 154 Å². The van der Waals surface area contributed by atoms with Crippen molar-refractivity contribution in [3.8, 4) is 0 Å². The SMILES string of the molecule is O=C(CC1CCN(c2nc3c(F)cc(F)cc3s2)CC1)N1CCOCC1. The molecule has 0 N–H and O–H groups in total. The van der Waals surface area contributed by atoms with Crippen LogP contribution in [-0.2, 0) is 9.53 Å². The minimum absolute atomic E-state index is 0.212. The van der Waals surface area contributed by atoms with Crippen molar-refractivity contribution in [1.29, 1.82) is 0 Å². The topological polar surface area (TPSA) is 45.7 Å². The summed E-state index contributed by atoms with van der Waals surface area (Å²) < 4.78 is 33.0. The molecule has 2 aromatic rings. The summed E-state index contributed by atoms with van der Waals surface area (Å²) in [5.41, 5.74) is 0.232. The minimum Gasteiger partial charge on any atom is -0.378 e. The van der Waals surface area contributed by atoms with Crippen LogP contribution in [0.1, 0.15) is 19.3 Å². The number of nitrogens with zero attached hydrogens (tertiary/aromatic N) is 3. The number of aromatic nitrogens is 1. The molecular weight excluding hydrogens is 360 g/mol. The molecule has 26 heavy (non-hydrogen) atoms. The Bertz CT molecular complexity index is 799. The predicted octanol–water partition coefficient (Wildman–Crippen LogP) is 3.04. The Hall–Kier alpha value is -1.80. The first-order valence-corrected chi connectivity index (χ1v) is 9.78. The maximum atomic E-state index is 13.8. The highest BCUT2D eigenvalue weighted by molar-refractivity contribution is 7.22. The summed E-state index contributed by atoms with van der Waals surface area (Å²) in [5.74, 6) is -0.617. The van der Waals surface area contributed by atoms with Gasteiger partial charge in [-0.05, 0) is 24.8 Å². The van der Waals surface area contributed by atoms with Crippen LogP contribution in [0.5, 0.6) is 0 Å². The molecule has 0 aliphatic carbocycles. The van der Waals surface area contributed by atoms with Gasteiger partial charge in [0.1, 0.15) is 11.3 Å². The molecule has 0 unspecified atom stereocenters. The fourth-order valence-electron chi connectivity index (χ4n) is 3.60. The van der Waals surface area contributed by atoms with Crippen LogP contribution < -0.4 is 4.90 Å². The van der Waals surface area contributed by atoms with Gasteiger partial charge in [0.15, 0.2) is 10.9 Å². The van der Waals surface area contributed by atoms with Crippen LogP contribution in [0.2, 0.25) is 0 Å². The van der Waals surface area contributed by atoms with Gasteiger partial charge in [-0.1, -0.05) is 11.3 Å². The Balaban J connectivity index is 1.36. The average molecular weight is 381 g/mol. The number of amides is 1. The number of rotatable bonds is 3. The molecule has 0 spiro atoms. The number of anilines is 1. The summed E-state index contributed by atoms with van der Waals surface area (Å²) in [7, 11) is 0. The molecule has 0 saturated carbocycles. The van der Waals surface area contributed by atoms with Gasteiger partial charge in [-0.15, -0.1) is 0 Å². The molecule has 3 heterocycles. The molecule has 2 aliphatic heterocycles. The van der Waals surface area contributed by atoms with Crippen LogP contribution in [0.15, 0.2) is 12.1 Å². The van der Waals surface area contributed by atoms with Crippen LogP contribution in [0.3, 0.4) is 0 Å². The van der Waals surface area contributed by atoms with E-state index in [9.17, 15) is 13.6 Å². The van der Waals surface area contributed by atoms with Gasteiger partial charge in [-0.3, -0.25) is 4.79 Å². The highest BCUT2D eigenvalue weighted by atomic mass is 32.1. The second-order valence-corrected chi connectivity index (χ2v) is 7.87. The lowest BCUT2D eigenvalue weighted by Crippen LogP contribution is -2.42. The average Bonchev–Trinajstić information content (AvgIpc) is 3.07. The first-order chi connectivity index (χ1) is 12.6. The van der Waals surface area contributed by atoms with Crippen molar-refractivity contribution < 1.29 is 18.3 Å². The lowest BCUT2D eigenvalue weighted by Gasteiger charge is -2.33. The monoisotopic (exact) mass is 381 g/mol. The van der Waals surface area contributed by atoms with E-state index in [1.54, 1.807) is 0 Å². The van der Waals surface area contributed by atoms with Crippen LogP contribution in [-0.4, -0.2) is 55.2 Å². The summed E-state index contributed by atoms with van der Waals surface area (Å²) in [6.07, 6.45) is 2.39. The van der Waals surface area contributed by atoms with Crippen molar-refractivity contribution in [2.75, 3.05) is 44.3 Å². The van der Waals surface area contributed by atoms with Gasteiger partial charge in [0.05, 0.1) is 17.9 Å². The van der Waals surface area contributed by atoms with E-state index in [0.717, 1.165) is 37.1 Å². The van der Waals surface area contributed by atoms with Crippen LogP contribution in [0, 0.1) is 17.6 Å². The van der Waals surface area contributed by atoms with Crippen molar-refractivity contribution in [3.05, 3.63) is 23.8 Å². The number of piperidine rings is 1. The van der Waals surface area contributed by atoms with Crippen LogP contribution in [0.25, 0.3) is 10.2 Å². The normalized spacial score (nSPS) is 19.3. The van der Waals surface area contributed by atoms with E-state index < -0.39 is 11.6 Å². The lowest BCUT2D eigenvalue weighted by atomic mass is 9.93. The largest absolute Gasteiger partial charge is 0.378 e. The molecule has 140 valence electrons. The molecule has 2 aliphatic rings. The third-order valence-electron chi connectivity index (χ3n) is 5.11. The Kier molecular flexibility index (Phi) is 5.04. The van der Waals surface area contributed by atoms with Gasteiger partial charge < -0.3 is 14.5 Å². The number of carbonyl (C=O) groups is 1. The number of thiazole rings is 1. The highest BCUT2D eigenvalue weighted by Gasteiger charge is 2.26. The van der Waals surface area contributed by atoms with E-state index in [2.05, 4.69) is 9.88 Å². The summed E-state index contributed by atoms with van der Waals surface area (Å²) >= 11 is 1.32. The van der Waals surface area contributed by atoms with E-state index in [4.69, 9.17) is 4.74 Å². The summed E-state index contributed by atoms with van der Waals surface area (Å²) in [6, 6.07) is 2.20.